The van der Waals surface area contributed by atoms with Crippen LogP contribution in [0.15, 0.2) is 11.1 Å². The molecule has 0 bridgehead atoms. The van der Waals surface area contributed by atoms with E-state index in [9.17, 15) is 14.4 Å². The predicted octanol–water partition coefficient (Wildman–Crippen LogP) is 2.53. The summed E-state index contributed by atoms with van der Waals surface area (Å²) in [7, 11) is 5.29. The molecule has 2 radical (unpaired) electrons. The van der Waals surface area contributed by atoms with Crippen LogP contribution in [-0.2, 0) is 19.1 Å². The first-order valence-electron chi connectivity index (χ1n) is 8.03. The van der Waals surface area contributed by atoms with Crippen LogP contribution in [0.4, 0.5) is 0 Å². The summed E-state index contributed by atoms with van der Waals surface area (Å²) in [5.41, 5.74) is -1.34. The Bertz CT molecular complexity index is 559. The highest BCUT2D eigenvalue weighted by atomic mass is 16.6. The van der Waals surface area contributed by atoms with Gasteiger partial charge in [-0.2, -0.15) is 0 Å². The summed E-state index contributed by atoms with van der Waals surface area (Å²) < 4.78 is 5.62. The van der Waals surface area contributed by atoms with E-state index in [0.717, 1.165) is 11.1 Å². The van der Waals surface area contributed by atoms with Gasteiger partial charge >= 0.3 is 5.97 Å². The molecule has 0 heterocycles. The highest BCUT2D eigenvalue weighted by Crippen LogP contribution is 2.35. The van der Waals surface area contributed by atoms with Crippen molar-refractivity contribution in [1.82, 2.24) is 5.32 Å². The van der Waals surface area contributed by atoms with Gasteiger partial charge in [0.2, 0.25) is 5.91 Å². The van der Waals surface area contributed by atoms with E-state index in [1.807, 2.05) is 27.7 Å². The van der Waals surface area contributed by atoms with Gasteiger partial charge in [-0.05, 0) is 74.3 Å². The van der Waals surface area contributed by atoms with E-state index in [2.05, 4.69) is 5.32 Å². The number of carbonyl (C=O) groups is 3. The highest BCUT2D eigenvalue weighted by molar-refractivity contribution is 6.11. The number of hydrogen-bond donors (Lipinski definition) is 1. The van der Waals surface area contributed by atoms with Gasteiger partial charge in [0.05, 0.1) is 7.85 Å². The third kappa shape index (κ3) is 4.71. The number of esters is 1. The van der Waals surface area contributed by atoms with Gasteiger partial charge in [0, 0.05) is 5.41 Å². The summed E-state index contributed by atoms with van der Waals surface area (Å²) in [5, 5.41) is 2.42. The lowest BCUT2D eigenvalue weighted by molar-refractivity contribution is -0.167. The molecule has 0 saturated carbocycles. The van der Waals surface area contributed by atoms with E-state index in [0.29, 0.717) is 0 Å². The van der Waals surface area contributed by atoms with Crippen LogP contribution >= 0.6 is 0 Å². The molecule has 0 spiro atoms. The minimum absolute atomic E-state index is 0.0316. The van der Waals surface area contributed by atoms with Crippen molar-refractivity contribution < 1.29 is 19.1 Å². The minimum Gasteiger partial charge on any atom is -0.454 e. The molecule has 0 fully saturated rings. The molecule has 0 aliphatic rings. The third-order valence-electron chi connectivity index (χ3n) is 4.97. The molecule has 0 aromatic rings. The fraction of sp³-hybridized carbons (Fsp3) is 0.722. The first kappa shape index (κ1) is 22.4. The number of rotatable bonds is 7. The number of hydrogen-bond acceptors (Lipinski definition) is 4. The molecule has 6 heteroatoms. The van der Waals surface area contributed by atoms with Gasteiger partial charge in [-0.1, -0.05) is 5.57 Å². The van der Waals surface area contributed by atoms with Crippen LogP contribution in [0.25, 0.3) is 0 Å². The van der Waals surface area contributed by atoms with E-state index in [4.69, 9.17) is 12.6 Å². The Morgan fingerprint density at radius 2 is 1.33 bits per heavy atom. The zero-order valence-corrected chi connectivity index (χ0v) is 16.4. The maximum Gasteiger partial charge on any atom is 0.321 e. The molecule has 1 amide bonds. The van der Waals surface area contributed by atoms with Crippen molar-refractivity contribution in [1.29, 1.82) is 0 Å². The Hall–Kier alpha value is -1.59. The van der Waals surface area contributed by atoms with Crippen molar-refractivity contribution in [2.45, 2.75) is 67.9 Å². The summed E-state index contributed by atoms with van der Waals surface area (Å²) in [6.07, 6.45) is -0.0518. The van der Waals surface area contributed by atoms with Gasteiger partial charge in [-0.3, -0.25) is 14.4 Å². The van der Waals surface area contributed by atoms with Crippen LogP contribution < -0.4 is 5.32 Å². The second kappa shape index (κ2) is 7.54. The standard InChI is InChI=1S/C18H30BNO4/c1-11(16(4,5)13(3)21)12(2)18(8,9)24-15(23)17(6,7)14(22)20-10-19/h10H2,1-9H3,(H,20,22)/b12-11-. The maximum atomic E-state index is 12.5. The van der Waals surface area contributed by atoms with Crippen molar-refractivity contribution in [3.63, 3.8) is 0 Å². The van der Waals surface area contributed by atoms with Crippen LogP contribution in [0, 0.1) is 10.8 Å². The Balaban J connectivity index is 5.59. The fourth-order valence-electron chi connectivity index (χ4n) is 2.03. The van der Waals surface area contributed by atoms with Crippen LogP contribution in [-0.4, -0.2) is 37.6 Å². The lowest BCUT2D eigenvalue weighted by Gasteiger charge is -2.35. The third-order valence-corrected chi connectivity index (χ3v) is 4.97. The van der Waals surface area contributed by atoms with Crippen molar-refractivity contribution in [2.75, 3.05) is 6.44 Å². The van der Waals surface area contributed by atoms with E-state index in [-0.39, 0.29) is 12.2 Å². The molecule has 1 N–H and O–H groups in total. The first-order chi connectivity index (χ1) is 10.6. The highest BCUT2D eigenvalue weighted by Gasteiger charge is 2.41. The molecule has 0 aromatic carbocycles. The lowest BCUT2D eigenvalue weighted by Crippen LogP contribution is -2.46. The van der Waals surface area contributed by atoms with Gasteiger partial charge in [-0.25, -0.2) is 0 Å². The number of ketones is 1. The van der Waals surface area contributed by atoms with Gasteiger partial charge < -0.3 is 10.1 Å². The summed E-state index contributed by atoms with van der Waals surface area (Å²) in [6, 6.07) is 0. The van der Waals surface area contributed by atoms with Crippen molar-refractivity contribution >= 4 is 25.5 Å². The van der Waals surface area contributed by atoms with Crippen molar-refractivity contribution in [2.24, 2.45) is 10.8 Å². The van der Waals surface area contributed by atoms with Gasteiger partial charge in [0.15, 0.2) is 0 Å². The van der Waals surface area contributed by atoms with Crippen molar-refractivity contribution in [3.05, 3.63) is 11.1 Å². The largest absolute Gasteiger partial charge is 0.454 e. The first-order valence-corrected chi connectivity index (χ1v) is 8.03. The quantitative estimate of drug-likeness (QED) is 0.336. The molecule has 0 aliphatic carbocycles. The molecular weight excluding hydrogens is 305 g/mol. The number of carbonyl (C=O) groups excluding carboxylic acids is 3. The summed E-state index contributed by atoms with van der Waals surface area (Å²) in [6.45, 7) is 15.4. The van der Waals surface area contributed by atoms with Gasteiger partial charge in [0.25, 0.3) is 0 Å². The summed E-state index contributed by atoms with van der Waals surface area (Å²) in [5.74, 6) is -1.11. The molecule has 24 heavy (non-hydrogen) atoms. The van der Waals surface area contributed by atoms with E-state index < -0.39 is 28.3 Å². The number of amides is 1. The summed E-state index contributed by atoms with van der Waals surface area (Å²) in [4.78, 5) is 36.4. The SMILES string of the molecule is [B]CNC(=O)C(C)(C)C(=O)OC(C)(C)/C(C)=C(/C)C(C)(C)C(C)=O. The Morgan fingerprint density at radius 1 is 0.875 bits per heavy atom. The zero-order chi connectivity index (χ0) is 19.5. The van der Waals surface area contributed by atoms with Gasteiger partial charge in [-0.15, -0.1) is 0 Å². The van der Waals surface area contributed by atoms with Crippen molar-refractivity contribution in [3.8, 4) is 0 Å². The second-order valence-electron chi connectivity index (χ2n) is 7.67. The molecule has 0 atom stereocenters. The minimum atomic E-state index is -1.36. The second-order valence-corrected chi connectivity index (χ2v) is 7.67. The zero-order valence-electron chi connectivity index (χ0n) is 16.4. The average Bonchev–Trinajstić information content (AvgIpc) is 2.44. The molecular formula is C18H30BNO4. The molecule has 0 aromatic heterocycles. The fourth-order valence-corrected chi connectivity index (χ4v) is 2.03. The van der Waals surface area contributed by atoms with Crippen LogP contribution in [0.2, 0.25) is 0 Å². The normalized spacial score (nSPS) is 13.9. The topological polar surface area (TPSA) is 72.5 Å². The number of ether oxygens (including phenoxy) is 1. The van der Waals surface area contributed by atoms with E-state index in [1.54, 1.807) is 13.8 Å². The lowest BCUT2D eigenvalue weighted by atomic mass is 9.76. The van der Waals surface area contributed by atoms with E-state index >= 15 is 0 Å². The predicted molar refractivity (Wildman–Crippen MR) is 95.6 cm³/mol. The Kier molecular flexibility index (Phi) is 7.04. The molecule has 5 nitrogen and oxygen atoms in total. The number of Topliss-reactive ketones (excluding diaryl/α,β-unsaturated/α-hetero) is 1. The summed E-state index contributed by atoms with van der Waals surface area (Å²) >= 11 is 0. The molecule has 0 saturated heterocycles. The van der Waals surface area contributed by atoms with Crippen LogP contribution in [0.1, 0.15) is 62.3 Å². The average molecular weight is 335 g/mol. The molecule has 0 aliphatic heterocycles. The smallest absolute Gasteiger partial charge is 0.321 e. The number of nitrogens with one attached hydrogen (secondary N) is 1. The molecule has 0 rings (SSSR count). The monoisotopic (exact) mass is 335 g/mol. The number of allylic oxidation sites excluding steroid dienone is 1. The molecule has 0 unspecified atom stereocenters. The molecule has 134 valence electrons. The van der Waals surface area contributed by atoms with E-state index in [1.165, 1.54) is 20.8 Å². The maximum absolute atomic E-state index is 12.5. The Labute approximate surface area is 147 Å². The van der Waals surface area contributed by atoms with Crippen LogP contribution in [0.5, 0.6) is 0 Å². The van der Waals surface area contributed by atoms with Crippen LogP contribution in [0.3, 0.4) is 0 Å². The Morgan fingerprint density at radius 3 is 1.71 bits per heavy atom. The van der Waals surface area contributed by atoms with Gasteiger partial charge in [0.1, 0.15) is 16.8 Å².